The average molecular weight is 409 g/mol. The molecule has 2 fully saturated rings. The molecule has 5 heteroatoms. The van der Waals surface area contributed by atoms with Crippen LogP contribution in [0.5, 0.6) is 5.75 Å². The van der Waals surface area contributed by atoms with E-state index in [1.807, 2.05) is 66.6 Å². The maximum Gasteiger partial charge on any atom is 0.253 e. The number of ether oxygens (including phenoxy) is 2. The molecule has 0 unspecified atom stereocenters. The van der Waals surface area contributed by atoms with Gasteiger partial charge in [0.25, 0.3) is 5.91 Å². The molecular formula is C25H32N2O3. The predicted octanol–water partition coefficient (Wildman–Crippen LogP) is 3.98. The highest BCUT2D eigenvalue weighted by Gasteiger charge is 2.30. The second kappa shape index (κ2) is 10.1. The first-order valence-electron chi connectivity index (χ1n) is 11.1. The van der Waals surface area contributed by atoms with Crippen LogP contribution < -0.4 is 4.74 Å². The van der Waals surface area contributed by atoms with E-state index in [0.717, 1.165) is 63.2 Å². The standard InChI is InChI=1S/C25H32N2O3/c1-29-23-12-16-26(17-13-23)22-10-14-27(15-11-22)25(28)21-8-5-9-24(18-21)30-19-20-6-3-2-4-7-20/h2-9,18,22-23H,10-17,19H2,1H3. The third-order valence-corrected chi connectivity index (χ3v) is 6.41. The van der Waals surface area contributed by atoms with Crippen molar-refractivity contribution in [3.63, 3.8) is 0 Å². The topological polar surface area (TPSA) is 42.0 Å². The Hall–Kier alpha value is -2.37. The zero-order valence-corrected chi connectivity index (χ0v) is 17.8. The molecule has 2 heterocycles. The maximum atomic E-state index is 13.0. The van der Waals surface area contributed by atoms with E-state index in [0.29, 0.717) is 24.3 Å². The summed E-state index contributed by atoms with van der Waals surface area (Å²) in [5.74, 6) is 0.845. The van der Waals surface area contributed by atoms with E-state index in [1.54, 1.807) is 0 Å². The maximum absolute atomic E-state index is 13.0. The van der Waals surface area contributed by atoms with Crippen LogP contribution in [0.15, 0.2) is 54.6 Å². The van der Waals surface area contributed by atoms with Gasteiger partial charge in [-0.15, -0.1) is 0 Å². The van der Waals surface area contributed by atoms with Crippen LogP contribution in [0.25, 0.3) is 0 Å². The number of carbonyl (C=O) groups is 1. The summed E-state index contributed by atoms with van der Waals surface area (Å²) in [4.78, 5) is 17.6. The van der Waals surface area contributed by atoms with E-state index in [9.17, 15) is 4.79 Å². The normalized spacial score (nSPS) is 19.0. The zero-order chi connectivity index (χ0) is 20.8. The summed E-state index contributed by atoms with van der Waals surface area (Å²) in [6.07, 6.45) is 4.75. The molecule has 2 saturated heterocycles. The summed E-state index contributed by atoms with van der Waals surface area (Å²) in [6, 6.07) is 18.2. The van der Waals surface area contributed by atoms with Gasteiger partial charge in [0.1, 0.15) is 12.4 Å². The number of piperidine rings is 2. The lowest BCUT2D eigenvalue weighted by Gasteiger charge is -2.41. The van der Waals surface area contributed by atoms with Crippen LogP contribution in [0.1, 0.15) is 41.6 Å². The fourth-order valence-electron chi connectivity index (χ4n) is 4.55. The van der Waals surface area contributed by atoms with Crippen molar-refractivity contribution in [2.45, 2.75) is 44.4 Å². The summed E-state index contributed by atoms with van der Waals surface area (Å²) >= 11 is 0. The second-order valence-electron chi connectivity index (χ2n) is 8.30. The SMILES string of the molecule is COC1CCN(C2CCN(C(=O)c3cccc(OCc4ccccc4)c3)CC2)CC1. The van der Waals surface area contributed by atoms with E-state index < -0.39 is 0 Å². The van der Waals surface area contributed by atoms with Crippen molar-refractivity contribution >= 4 is 5.91 Å². The molecule has 2 aromatic rings. The van der Waals surface area contributed by atoms with E-state index in [1.165, 1.54) is 0 Å². The number of hydrogen-bond acceptors (Lipinski definition) is 4. The molecule has 0 spiro atoms. The lowest BCUT2D eigenvalue weighted by molar-refractivity contribution is 0.0145. The first kappa shape index (κ1) is 20.9. The van der Waals surface area contributed by atoms with Gasteiger partial charge in [0.2, 0.25) is 0 Å². The molecule has 0 aromatic heterocycles. The van der Waals surface area contributed by atoms with Gasteiger partial charge in [-0.25, -0.2) is 0 Å². The predicted molar refractivity (Wildman–Crippen MR) is 118 cm³/mol. The molecule has 0 saturated carbocycles. The van der Waals surface area contributed by atoms with Crippen molar-refractivity contribution < 1.29 is 14.3 Å². The summed E-state index contributed by atoms with van der Waals surface area (Å²) in [6.45, 7) is 4.37. The minimum absolute atomic E-state index is 0.108. The van der Waals surface area contributed by atoms with Gasteiger partial charge in [-0.1, -0.05) is 36.4 Å². The summed E-state index contributed by atoms with van der Waals surface area (Å²) in [5, 5.41) is 0. The van der Waals surface area contributed by atoms with E-state index in [-0.39, 0.29) is 5.91 Å². The number of carbonyl (C=O) groups excluding carboxylic acids is 1. The van der Waals surface area contributed by atoms with Gasteiger partial charge >= 0.3 is 0 Å². The summed E-state index contributed by atoms with van der Waals surface area (Å²) < 4.78 is 11.4. The molecule has 160 valence electrons. The lowest BCUT2D eigenvalue weighted by Crippen LogP contribution is -2.49. The van der Waals surface area contributed by atoms with E-state index in [4.69, 9.17) is 9.47 Å². The van der Waals surface area contributed by atoms with Crippen molar-refractivity contribution in [2.75, 3.05) is 33.3 Å². The Bertz CT molecular complexity index is 810. The molecule has 2 aromatic carbocycles. The molecular weight excluding hydrogens is 376 g/mol. The number of rotatable bonds is 6. The highest BCUT2D eigenvalue weighted by Crippen LogP contribution is 2.24. The number of likely N-dealkylation sites (tertiary alicyclic amines) is 2. The van der Waals surface area contributed by atoms with Crippen molar-refractivity contribution in [1.29, 1.82) is 0 Å². The van der Waals surface area contributed by atoms with Crippen LogP contribution in [0, 0.1) is 0 Å². The van der Waals surface area contributed by atoms with Crippen LogP contribution >= 0.6 is 0 Å². The number of benzene rings is 2. The smallest absolute Gasteiger partial charge is 0.253 e. The molecule has 0 N–H and O–H groups in total. The van der Waals surface area contributed by atoms with Crippen molar-refractivity contribution in [2.24, 2.45) is 0 Å². The Morgan fingerprint density at radius 3 is 2.37 bits per heavy atom. The van der Waals surface area contributed by atoms with Crippen molar-refractivity contribution in [3.05, 3.63) is 65.7 Å². The first-order chi connectivity index (χ1) is 14.7. The van der Waals surface area contributed by atoms with Gasteiger partial charge in [0, 0.05) is 44.9 Å². The number of methoxy groups -OCH3 is 1. The highest BCUT2D eigenvalue weighted by atomic mass is 16.5. The molecule has 2 aliphatic heterocycles. The van der Waals surface area contributed by atoms with Crippen LogP contribution in [0.4, 0.5) is 0 Å². The molecule has 0 aliphatic carbocycles. The molecule has 0 radical (unpaired) electrons. The second-order valence-corrected chi connectivity index (χ2v) is 8.30. The molecule has 0 bridgehead atoms. The first-order valence-corrected chi connectivity index (χ1v) is 11.1. The Balaban J connectivity index is 1.29. The molecule has 0 atom stereocenters. The third kappa shape index (κ3) is 5.21. The van der Waals surface area contributed by atoms with Crippen molar-refractivity contribution in [1.82, 2.24) is 9.80 Å². The van der Waals surface area contributed by atoms with Gasteiger partial charge in [0.15, 0.2) is 0 Å². The van der Waals surface area contributed by atoms with Crippen molar-refractivity contribution in [3.8, 4) is 5.75 Å². The molecule has 30 heavy (non-hydrogen) atoms. The molecule has 5 nitrogen and oxygen atoms in total. The van der Waals surface area contributed by atoms with E-state index >= 15 is 0 Å². The quantitative estimate of drug-likeness (QED) is 0.725. The van der Waals surface area contributed by atoms with Gasteiger partial charge in [-0.05, 0) is 49.4 Å². The number of hydrogen-bond donors (Lipinski definition) is 0. The third-order valence-electron chi connectivity index (χ3n) is 6.41. The Morgan fingerprint density at radius 2 is 1.67 bits per heavy atom. The Kier molecular flexibility index (Phi) is 7.03. The van der Waals surface area contributed by atoms with Crippen LogP contribution in [0.3, 0.4) is 0 Å². The highest BCUT2D eigenvalue weighted by molar-refractivity contribution is 5.94. The fourth-order valence-corrected chi connectivity index (χ4v) is 4.55. The van der Waals surface area contributed by atoms with Gasteiger partial charge < -0.3 is 19.3 Å². The Labute approximate surface area is 179 Å². The monoisotopic (exact) mass is 408 g/mol. The lowest BCUT2D eigenvalue weighted by atomic mass is 9.98. The summed E-state index contributed by atoms with van der Waals surface area (Å²) in [5.41, 5.74) is 1.82. The molecule has 4 rings (SSSR count). The number of amides is 1. The largest absolute Gasteiger partial charge is 0.489 e. The number of nitrogens with zero attached hydrogens (tertiary/aromatic N) is 2. The van der Waals surface area contributed by atoms with Crippen LogP contribution in [-0.2, 0) is 11.3 Å². The molecule has 1 amide bonds. The minimum atomic E-state index is 0.108. The minimum Gasteiger partial charge on any atom is -0.489 e. The van der Waals surface area contributed by atoms with E-state index in [2.05, 4.69) is 4.90 Å². The van der Waals surface area contributed by atoms with Crippen LogP contribution in [-0.4, -0.2) is 61.1 Å². The van der Waals surface area contributed by atoms with Gasteiger partial charge in [-0.2, -0.15) is 0 Å². The van der Waals surface area contributed by atoms with Gasteiger partial charge in [-0.3, -0.25) is 4.79 Å². The fraction of sp³-hybridized carbons (Fsp3) is 0.480. The van der Waals surface area contributed by atoms with Crippen LogP contribution in [0.2, 0.25) is 0 Å². The molecule has 2 aliphatic rings. The average Bonchev–Trinajstić information content (AvgIpc) is 2.83. The zero-order valence-electron chi connectivity index (χ0n) is 17.8. The summed E-state index contributed by atoms with van der Waals surface area (Å²) in [7, 11) is 1.81. The van der Waals surface area contributed by atoms with Gasteiger partial charge in [0.05, 0.1) is 6.10 Å². The Morgan fingerprint density at radius 1 is 0.933 bits per heavy atom.